The average Bonchev–Trinajstić information content (AvgIpc) is 2.27. The Hall–Kier alpha value is -1.54. The van der Waals surface area contributed by atoms with E-state index in [1.54, 1.807) is 7.11 Å². The van der Waals surface area contributed by atoms with Crippen LogP contribution in [0.2, 0.25) is 0 Å². The summed E-state index contributed by atoms with van der Waals surface area (Å²) in [5.74, 6) is 0.996. The van der Waals surface area contributed by atoms with Gasteiger partial charge in [0.25, 0.3) is 0 Å². The Balaban J connectivity index is 2.25. The van der Waals surface area contributed by atoms with Crippen LogP contribution in [0.25, 0.3) is 10.8 Å². The number of ether oxygens (including phenoxy) is 1. The molecule has 2 nitrogen and oxygen atoms in total. The molecule has 16 heavy (non-hydrogen) atoms. The number of fused-ring (bicyclic) bond motifs is 1. The molecule has 1 fully saturated rings. The van der Waals surface area contributed by atoms with Gasteiger partial charge in [0.1, 0.15) is 5.75 Å². The van der Waals surface area contributed by atoms with Gasteiger partial charge in [-0.25, -0.2) is 0 Å². The molecule has 2 aromatic rings. The van der Waals surface area contributed by atoms with Crippen LogP contribution in [0.5, 0.6) is 5.75 Å². The van der Waals surface area contributed by atoms with Gasteiger partial charge < -0.3 is 10.1 Å². The van der Waals surface area contributed by atoms with Crippen molar-refractivity contribution in [3.63, 3.8) is 0 Å². The van der Waals surface area contributed by atoms with Crippen LogP contribution in [-0.4, -0.2) is 13.7 Å². The van der Waals surface area contributed by atoms with Crippen molar-refractivity contribution in [2.24, 2.45) is 0 Å². The first-order valence-corrected chi connectivity index (χ1v) is 5.69. The van der Waals surface area contributed by atoms with Crippen molar-refractivity contribution in [3.05, 3.63) is 42.0 Å². The fraction of sp³-hybridized carbons (Fsp3) is 0.286. The first-order valence-electron chi connectivity index (χ1n) is 5.69. The zero-order valence-corrected chi connectivity index (χ0v) is 9.36. The molecule has 1 N–H and O–H groups in total. The summed E-state index contributed by atoms with van der Waals surface area (Å²) in [6.07, 6.45) is 1.20. The van der Waals surface area contributed by atoms with Crippen molar-refractivity contribution in [1.29, 1.82) is 0 Å². The summed E-state index contributed by atoms with van der Waals surface area (Å²) in [4.78, 5) is 0. The topological polar surface area (TPSA) is 21.3 Å². The fourth-order valence-corrected chi connectivity index (χ4v) is 2.35. The minimum absolute atomic E-state index is 0.459. The van der Waals surface area contributed by atoms with E-state index >= 15 is 0 Å². The third-order valence-electron chi connectivity index (χ3n) is 3.32. The van der Waals surface area contributed by atoms with Gasteiger partial charge in [0, 0.05) is 11.6 Å². The largest absolute Gasteiger partial charge is 0.496 e. The van der Waals surface area contributed by atoms with Gasteiger partial charge in [-0.3, -0.25) is 0 Å². The molecule has 0 amide bonds. The number of rotatable bonds is 2. The summed E-state index contributed by atoms with van der Waals surface area (Å²) in [6, 6.07) is 13.1. The van der Waals surface area contributed by atoms with Gasteiger partial charge in [0.05, 0.1) is 7.11 Å². The lowest BCUT2D eigenvalue weighted by molar-refractivity contribution is 0.356. The molecule has 1 aliphatic heterocycles. The Morgan fingerprint density at radius 2 is 2.00 bits per heavy atom. The molecule has 0 radical (unpaired) electrons. The minimum atomic E-state index is 0.459. The summed E-state index contributed by atoms with van der Waals surface area (Å²) in [5, 5.41) is 6.04. The van der Waals surface area contributed by atoms with E-state index in [4.69, 9.17) is 4.74 Å². The van der Waals surface area contributed by atoms with Crippen molar-refractivity contribution >= 4 is 10.8 Å². The van der Waals surface area contributed by atoms with E-state index in [-0.39, 0.29) is 0 Å². The van der Waals surface area contributed by atoms with Crippen molar-refractivity contribution in [3.8, 4) is 5.75 Å². The third kappa shape index (κ3) is 1.38. The van der Waals surface area contributed by atoms with E-state index < -0.39 is 0 Å². The van der Waals surface area contributed by atoms with Gasteiger partial charge in [-0.15, -0.1) is 0 Å². The molecule has 82 valence electrons. The summed E-state index contributed by atoms with van der Waals surface area (Å²) in [7, 11) is 1.74. The fourth-order valence-electron chi connectivity index (χ4n) is 2.35. The maximum Gasteiger partial charge on any atom is 0.124 e. The molecule has 1 atom stereocenters. The number of hydrogen-bond donors (Lipinski definition) is 1. The Bertz CT molecular complexity index is 517. The van der Waals surface area contributed by atoms with Crippen LogP contribution < -0.4 is 10.1 Å². The average molecular weight is 213 g/mol. The Labute approximate surface area is 95.2 Å². The number of benzene rings is 2. The Morgan fingerprint density at radius 3 is 2.69 bits per heavy atom. The molecule has 1 unspecified atom stereocenters. The molecule has 0 aliphatic carbocycles. The zero-order chi connectivity index (χ0) is 11.0. The molecule has 1 aliphatic rings. The van der Waals surface area contributed by atoms with Crippen molar-refractivity contribution in [2.45, 2.75) is 12.5 Å². The summed E-state index contributed by atoms with van der Waals surface area (Å²) >= 11 is 0. The molecule has 1 heterocycles. The Kier molecular flexibility index (Phi) is 2.29. The monoisotopic (exact) mass is 213 g/mol. The van der Waals surface area contributed by atoms with E-state index in [2.05, 4.69) is 41.7 Å². The number of hydrogen-bond acceptors (Lipinski definition) is 2. The van der Waals surface area contributed by atoms with Crippen LogP contribution in [-0.2, 0) is 0 Å². The first-order chi connectivity index (χ1) is 7.90. The van der Waals surface area contributed by atoms with Crippen molar-refractivity contribution in [2.75, 3.05) is 13.7 Å². The van der Waals surface area contributed by atoms with E-state index in [0.29, 0.717) is 6.04 Å². The van der Waals surface area contributed by atoms with Crippen molar-refractivity contribution < 1.29 is 4.74 Å². The predicted octanol–water partition coefficient (Wildman–Crippen LogP) is 2.88. The van der Waals surface area contributed by atoms with E-state index in [0.717, 1.165) is 12.3 Å². The maximum absolute atomic E-state index is 5.47. The lowest BCUT2D eigenvalue weighted by Gasteiger charge is -2.30. The van der Waals surface area contributed by atoms with E-state index in [1.165, 1.54) is 22.8 Å². The lowest BCUT2D eigenvalue weighted by atomic mass is 9.92. The normalized spacial score (nSPS) is 19.4. The molecular weight excluding hydrogens is 198 g/mol. The van der Waals surface area contributed by atoms with Gasteiger partial charge in [-0.05, 0) is 29.8 Å². The van der Waals surface area contributed by atoms with Gasteiger partial charge in [0.15, 0.2) is 0 Å². The van der Waals surface area contributed by atoms with Gasteiger partial charge >= 0.3 is 0 Å². The standard InChI is InChI=1S/C14H15NO/c1-16-13-7-6-10-4-2-3-5-11(10)14(13)12-8-9-15-12/h2-7,12,15H,8-9H2,1H3. The first kappa shape index (κ1) is 9.67. The van der Waals surface area contributed by atoms with Crippen LogP contribution in [0.3, 0.4) is 0 Å². The van der Waals surface area contributed by atoms with Crippen LogP contribution in [0.4, 0.5) is 0 Å². The molecular formula is C14H15NO. The molecule has 1 saturated heterocycles. The van der Waals surface area contributed by atoms with Crippen LogP contribution in [0.1, 0.15) is 18.0 Å². The molecule has 0 saturated carbocycles. The van der Waals surface area contributed by atoms with Gasteiger partial charge in [-0.2, -0.15) is 0 Å². The molecule has 2 aromatic carbocycles. The van der Waals surface area contributed by atoms with Gasteiger partial charge in [-0.1, -0.05) is 30.3 Å². The Morgan fingerprint density at radius 1 is 1.19 bits per heavy atom. The highest BCUT2D eigenvalue weighted by Gasteiger charge is 2.23. The second-order valence-electron chi connectivity index (χ2n) is 4.20. The SMILES string of the molecule is COc1ccc2ccccc2c1C1CCN1. The van der Waals surface area contributed by atoms with E-state index in [9.17, 15) is 0 Å². The minimum Gasteiger partial charge on any atom is -0.496 e. The highest BCUT2D eigenvalue weighted by atomic mass is 16.5. The summed E-state index contributed by atoms with van der Waals surface area (Å²) < 4.78 is 5.47. The molecule has 0 bridgehead atoms. The number of methoxy groups -OCH3 is 1. The van der Waals surface area contributed by atoms with Crippen molar-refractivity contribution in [1.82, 2.24) is 5.32 Å². The second-order valence-corrected chi connectivity index (χ2v) is 4.20. The van der Waals surface area contributed by atoms with Crippen LogP contribution in [0.15, 0.2) is 36.4 Å². The molecule has 2 heteroatoms. The summed E-state index contributed by atoms with van der Waals surface area (Å²) in [5.41, 5.74) is 1.31. The number of nitrogens with one attached hydrogen (secondary N) is 1. The highest BCUT2D eigenvalue weighted by molar-refractivity contribution is 5.88. The smallest absolute Gasteiger partial charge is 0.124 e. The molecule has 0 spiro atoms. The third-order valence-corrected chi connectivity index (χ3v) is 3.32. The quantitative estimate of drug-likeness (QED) is 0.828. The summed E-state index contributed by atoms with van der Waals surface area (Å²) in [6.45, 7) is 1.11. The maximum atomic E-state index is 5.47. The molecule has 0 aromatic heterocycles. The lowest BCUT2D eigenvalue weighted by Crippen LogP contribution is -2.35. The van der Waals surface area contributed by atoms with Crippen LogP contribution in [0, 0.1) is 0 Å². The highest BCUT2D eigenvalue weighted by Crippen LogP contribution is 2.36. The van der Waals surface area contributed by atoms with Crippen LogP contribution >= 0.6 is 0 Å². The second kappa shape index (κ2) is 3.80. The predicted molar refractivity (Wildman–Crippen MR) is 65.9 cm³/mol. The zero-order valence-electron chi connectivity index (χ0n) is 9.36. The van der Waals surface area contributed by atoms with E-state index in [1.807, 2.05) is 0 Å². The molecule has 3 rings (SSSR count). The van der Waals surface area contributed by atoms with Gasteiger partial charge in [0.2, 0.25) is 0 Å².